The predicted molar refractivity (Wildman–Crippen MR) is 75.7 cm³/mol. The standard InChI is InChI=1S/C13H16Cl2N2O2/c1-16-7-13(18)17-4-5-19-12(8-17)9-2-3-10(14)11(15)6-9/h2-3,6,12,16H,4-5,7-8H2,1H3/t12-/m0/s1. The third-order valence-corrected chi connectivity index (χ3v) is 3.80. The maximum absolute atomic E-state index is 11.9. The quantitative estimate of drug-likeness (QED) is 0.930. The van der Waals surface area contributed by atoms with Gasteiger partial charge in [0.15, 0.2) is 0 Å². The van der Waals surface area contributed by atoms with Crippen molar-refractivity contribution in [1.29, 1.82) is 0 Å². The molecule has 1 saturated heterocycles. The van der Waals surface area contributed by atoms with Crippen LogP contribution in [-0.4, -0.2) is 44.1 Å². The van der Waals surface area contributed by atoms with Gasteiger partial charge in [0.2, 0.25) is 5.91 Å². The largest absolute Gasteiger partial charge is 0.370 e. The summed E-state index contributed by atoms with van der Waals surface area (Å²) in [6, 6.07) is 5.42. The third kappa shape index (κ3) is 3.60. The van der Waals surface area contributed by atoms with Crippen molar-refractivity contribution in [2.75, 3.05) is 33.3 Å². The van der Waals surface area contributed by atoms with Crippen molar-refractivity contribution in [2.24, 2.45) is 0 Å². The first-order valence-electron chi connectivity index (χ1n) is 6.10. The Labute approximate surface area is 122 Å². The van der Waals surface area contributed by atoms with Crippen molar-refractivity contribution >= 4 is 29.1 Å². The zero-order valence-corrected chi connectivity index (χ0v) is 12.2. The number of nitrogens with one attached hydrogen (secondary N) is 1. The van der Waals surface area contributed by atoms with Crippen molar-refractivity contribution in [1.82, 2.24) is 10.2 Å². The van der Waals surface area contributed by atoms with Crippen LogP contribution in [0.2, 0.25) is 10.0 Å². The molecule has 0 spiro atoms. The number of amides is 1. The Morgan fingerprint density at radius 3 is 2.95 bits per heavy atom. The van der Waals surface area contributed by atoms with E-state index in [1.807, 2.05) is 6.07 Å². The van der Waals surface area contributed by atoms with Gasteiger partial charge in [0.25, 0.3) is 0 Å². The molecule has 0 unspecified atom stereocenters. The number of morpholine rings is 1. The average molecular weight is 303 g/mol. The fraction of sp³-hybridized carbons (Fsp3) is 0.462. The second-order valence-corrected chi connectivity index (χ2v) is 5.22. The molecule has 1 heterocycles. The van der Waals surface area contributed by atoms with Gasteiger partial charge >= 0.3 is 0 Å². The number of benzene rings is 1. The van der Waals surface area contributed by atoms with Crippen LogP contribution < -0.4 is 5.32 Å². The number of ether oxygens (including phenoxy) is 1. The summed E-state index contributed by atoms with van der Waals surface area (Å²) >= 11 is 11.9. The molecule has 0 aromatic heterocycles. The Bertz CT molecular complexity index is 468. The van der Waals surface area contributed by atoms with Crippen LogP contribution >= 0.6 is 23.2 Å². The molecule has 0 aliphatic carbocycles. The molecule has 104 valence electrons. The SMILES string of the molecule is CNCC(=O)N1CCO[C@H](c2ccc(Cl)c(Cl)c2)C1. The molecule has 1 fully saturated rings. The van der Waals surface area contributed by atoms with Gasteiger partial charge < -0.3 is 15.0 Å². The van der Waals surface area contributed by atoms with Crippen LogP contribution in [0, 0.1) is 0 Å². The molecule has 1 aromatic carbocycles. The molecule has 1 aliphatic heterocycles. The van der Waals surface area contributed by atoms with E-state index in [-0.39, 0.29) is 12.0 Å². The average Bonchev–Trinajstić information content (AvgIpc) is 2.42. The molecular weight excluding hydrogens is 287 g/mol. The van der Waals surface area contributed by atoms with E-state index in [2.05, 4.69) is 5.32 Å². The van der Waals surface area contributed by atoms with E-state index in [4.69, 9.17) is 27.9 Å². The summed E-state index contributed by atoms with van der Waals surface area (Å²) in [5.74, 6) is 0.0795. The molecule has 1 atom stereocenters. The lowest BCUT2D eigenvalue weighted by Crippen LogP contribution is -2.45. The molecule has 0 radical (unpaired) electrons. The molecule has 19 heavy (non-hydrogen) atoms. The highest BCUT2D eigenvalue weighted by Crippen LogP contribution is 2.28. The van der Waals surface area contributed by atoms with E-state index in [0.717, 1.165) is 5.56 Å². The maximum Gasteiger partial charge on any atom is 0.236 e. The lowest BCUT2D eigenvalue weighted by molar-refractivity contribution is -0.137. The minimum atomic E-state index is -0.149. The maximum atomic E-state index is 11.9. The highest BCUT2D eigenvalue weighted by Gasteiger charge is 2.25. The Hall–Kier alpha value is -0.810. The van der Waals surface area contributed by atoms with E-state index in [1.165, 1.54) is 0 Å². The second kappa shape index (κ2) is 6.57. The highest BCUT2D eigenvalue weighted by molar-refractivity contribution is 6.42. The molecular formula is C13H16Cl2N2O2. The molecule has 1 aromatic rings. The van der Waals surface area contributed by atoms with Gasteiger partial charge in [-0.15, -0.1) is 0 Å². The lowest BCUT2D eigenvalue weighted by atomic mass is 10.1. The normalized spacial score (nSPS) is 19.5. The van der Waals surface area contributed by atoms with Gasteiger partial charge in [-0.05, 0) is 24.7 Å². The minimum absolute atomic E-state index is 0.0795. The van der Waals surface area contributed by atoms with E-state index >= 15 is 0 Å². The van der Waals surface area contributed by atoms with Gasteiger partial charge in [-0.3, -0.25) is 4.79 Å². The zero-order valence-electron chi connectivity index (χ0n) is 10.7. The van der Waals surface area contributed by atoms with Gasteiger partial charge in [0.05, 0.1) is 29.7 Å². The van der Waals surface area contributed by atoms with Crippen LogP contribution in [-0.2, 0) is 9.53 Å². The summed E-state index contributed by atoms with van der Waals surface area (Å²) in [4.78, 5) is 13.7. The topological polar surface area (TPSA) is 41.6 Å². The number of hydrogen-bond acceptors (Lipinski definition) is 3. The number of carbonyl (C=O) groups excluding carboxylic acids is 1. The predicted octanol–water partition coefficient (Wildman–Crippen LogP) is 2.11. The molecule has 1 N–H and O–H groups in total. The van der Waals surface area contributed by atoms with Crippen LogP contribution in [0.15, 0.2) is 18.2 Å². The summed E-state index contributed by atoms with van der Waals surface area (Å²) in [6.07, 6.45) is -0.149. The first-order chi connectivity index (χ1) is 9.11. The van der Waals surface area contributed by atoms with Gasteiger partial charge in [-0.1, -0.05) is 29.3 Å². The van der Waals surface area contributed by atoms with Gasteiger partial charge in [-0.25, -0.2) is 0 Å². The smallest absolute Gasteiger partial charge is 0.236 e. The number of nitrogens with zero attached hydrogens (tertiary/aromatic N) is 1. The van der Waals surface area contributed by atoms with E-state index in [0.29, 0.717) is 36.3 Å². The lowest BCUT2D eigenvalue weighted by Gasteiger charge is -2.33. The number of hydrogen-bond donors (Lipinski definition) is 1. The number of carbonyl (C=O) groups is 1. The van der Waals surface area contributed by atoms with Crippen LogP contribution in [0.3, 0.4) is 0 Å². The van der Waals surface area contributed by atoms with Crippen LogP contribution in [0.1, 0.15) is 11.7 Å². The highest BCUT2D eigenvalue weighted by atomic mass is 35.5. The van der Waals surface area contributed by atoms with Crippen LogP contribution in [0.25, 0.3) is 0 Å². The fourth-order valence-electron chi connectivity index (χ4n) is 2.05. The number of halogens is 2. The molecule has 0 bridgehead atoms. The molecule has 4 nitrogen and oxygen atoms in total. The summed E-state index contributed by atoms with van der Waals surface area (Å²) in [5, 5.41) is 3.88. The first-order valence-corrected chi connectivity index (χ1v) is 6.86. The summed E-state index contributed by atoms with van der Waals surface area (Å²) < 4.78 is 5.70. The first kappa shape index (κ1) is 14.6. The molecule has 1 amide bonds. The monoisotopic (exact) mass is 302 g/mol. The van der Waals surface area contributed by atoms with Gasteiger partial charge in [0.1, 0.15) is 6.10 Å². The van der Waals surface area contributed by atoms with Crippen molar-refractivity contribution in [3.63, 3.8) is 0 Å². The Morgan fingerprint density at radius 2 is 2.26 bits per heavy atom. The minimum Gasteiger partial charge on any atom is -0.370 e. The summed E-state index contributed by atoms with van der Waals surface area (Å²) in [6.45, 7) is 2.03. The molecule has 6 heteroatoms. The van der Waals surface area contributed by atoms with Crippen LogP contribution in [0.5, 0.6) is 0 Å². The van der Waals surface area contributed by atoms with Crippen LogP contribution in [0.4, 0.5) is 0 Å². The summed E-state index contributed by atoms with van der Waals surface area (Å²) in [5.41, 5.74) is 0.941. The van der Waals surface area contributed by atoms with Crippen molar-refractivity contribution in [3.05, 3.63) is 33.8 Å². The number of rotatable bonds is 3. The number of likely N-dealkylation sites (N-methyl/N-ethyl adjacent to an activating group) is 1. The van der Waals surface area contributed by atoms with E-state index < -0.39 is 0 Å². The Balaban J connectivity index is 2.08. The third-order valence-electron chi connectivity index (χ3n) is 3.06. The molecule has 1 aliphatic rings. The molecule has 0 saturated carbocycles. The molecule has 2 rings (SSSR count). The van der Waals surface area contributed by atoms with E-state index in [9.17, 15) is 4.79 Å². The van der Waals surface area contributed by atoms with Gasteiger partial charge in [0, 0.05) is 6.54 Å². The van der Waals surface area contributed by atoms with E-state index in [1.54, 1.807) is 24.1 Å². The fourth-order valence-corrected chi connectivity index (χ4v) is 2.36. The van der Waals surface area contributed by atoms with Crippen molar-refractivity contribution in [2.45, 2.75) is 6.10 Å². The van der Waals surface area contributed by atoms with Crippen molar-refractivity contribution < 1.29 is 9.53 Å². The summed E-state index contributed by atoms with van der Waals surface area (Å²) in [7, 11) is 1.76. The van der Waals surface area contributed by atoms with Gasteiger partial charge in [-0.2, -0.15) is 0 Å². The zero-order chi connectivity index (χ0) is 13.8. The second-order valence-electron chi connectivity index (χ2n) is 4.40. The van der Waals surface area contributed by atoms with Crippen molar-refractivity contribution in [3.8, 4) is 0 Å². The Kier molecular flexibility index (Phi) is 5.05. The Morgan fingerprint density at radius 1 is 1.47 bits per heavy atom.